The van der Waals surface area contributed by atoms with Crippen LogP contribution in [0.3, 0.4) is 0 Å². The predicted octanol–water partition coefficient (Wildman–Crippen LogP) is 1.26. The van der Waals surface area contributed by atoms with Crippen LogP contribution in [-0.4, -0.2) is 50.2 Å². The van der Waals surface area contributed by atoms with E-state index in [2.05, 4.69) is 5.32 Å². The van der Waals surface area contributed by atoms with Crippen LogP contribution in [0.4, 0.5) is 0 Å². The summed E-state index contributed by atoms with van der Waals surface area (Å²) in [6, 6.07) is 0. The second-order valence-electron chi connectivity index (χ2n) is 5.13. The number of carbonyl (C=O) groups is 1. The molecule has 0 aromatic rings. The lowest BCUT2D eigenvalue weighted by Crippen LogP contribution is -2.31. The number of rotatable bonds is 7. The molecule has 1 N–H and O–H groups in total. The third-order valence-corrected chi connectivity index (χ3v) is 3.23. The number of likely N-dealkylation sites (N-methyl/N-ethyl adjacent to an activating group) is 1. The molecule has 100 valence electrons. The fraction of sp³-hybridized carbons (Fsp3) is 0.923. The predicted molar refractivity (Wildman–Crippen MR) is 68.9 cm³/mol. The molecule has 0 aromatic heterocycles. The number of hydrogen-bond donors (Lipinski definition) is 1. The molecule has 0 radical (unpaired) electrons. The summed E-state index contributed by atoms with van der Waals surface area (Å²) in [5, 5.41) is 3.33. The molecule has 1 aliphatic heterocycles. The third kappa shape index (κ3) is 6.03. The number of amides is 1. The zero-order chi connectivity index (χ0) is 12.7. The molecule has 0 saturated carbocycles. The first kappa shape index (κ1) is 14.5. The highest BCUT2D eigenvalue weighted by atomic mass is 16.5. The van der Waals surface area contributed by atoms with Crippen molar-refractivity contribution < 1.29 is 9.53 Å². The summed E-state index contributed by atoms with van der Waals surface area (Å²) < 4.78 is 5.44. The molecule has 0 spiro atoms. The van der Waals surface area contributed by atoms with E-state index in [0.29, 0.717) is 25.5 Å². The lowest BCUT2D eigenvalue weighted by Gasteiger charge is -2.19. The van der Waals surface area contributed by atoms with Crippen LogP contribution in [0.2, 0.25) is 0 Å². The summed E-state index contributed by atoms with van der Waals surface area (Å²) in [4.78, 5) is 13.6. The van der Waals surface area contributed by atoms with Gasteiger partial charge >= 0.3 is 0 Å². The van der Waals surface area contributed by atoms with Gasteiger partial charge in [0.25, 0.3) is 0 Å². The molecule has 0 bridgehead atoms. The second kappa shape index (κ2) is 7.67. The Morgan fingerprint density at radius 1 is 1.53 bits per heavy atom. The maximum Gasteiger partial charge on any atom is 0.222 e. The van der Waals surface area contributed by atoms with E-state index in [0.717, 1.165) is 19.5 Å². The Morgan fingerprint density at radius 2 is 2.29 bits per heavy atom. The fourth-order valence-corrected chi connectivity index (χ4v) is 2.03. The summed E-state index contributed by atoms with van der Waals surface area (Å²) >= 11 is 0. The molecule has 17 heavy (non-hydrogen) atoms. The summed E-state index contributed by atoms with van der Waals surface area (Å²) in [5.74, 6) is 0.934. The Kier molecular flexibility index (Phi) is 6.52. The van der Waals surface area contributed by atoms with Gasteiger partial charge in [-0.1, -0.05) is 0 Å². The van der Waals surface area contributed by atoms with Gasteiger partial charge in [0.1, 0.15) is 0 Å². The van der Waals surface area contributed by atoms with E-state index in [4.69, 9.17) is 4.74 Å². The standard InChI is InChI=1S/C13H26N2O2/c1-11(2)17-9-8-15(3)13(16)5-4-12-6-7-14-10-12/h11-12,14H,4-10H2,1-3H3. The zero-order valence-corrected chi connectivity index (χ0v) is 11.4. The van der Waals surface area contributed by atoms with Gasteiger partial charge in [0.2, 0.25) is 5.91 Å². The van der Waals surface area contributed by atoms with Gasteiger partial charge in [-0.15, -0.1) is 0 Å². The van der Waals surface area contributed by atoms with Crippen molar-refractivity contribution in [3.05, 3.63) is 0 Å². The van der Waals surface area contributed by atoms with Crippen molar-refractivity contribution in [2.75, 3.05) is 33.3 Å². The number of carbonyl (C=O) groups excluding carboxylic acids is 1. The van der Waals surface area contributed by atoms with Crippen molar-refractivity contribution in [1.29, 1.82) is 0 Å². The minimum absolute atomic E-state index is 0.239. The number of nitrogens with one attached hydrogen (secondary N) is 1. The van der Waals surface area contributed by atoms with Crippen LogP contribution in [0.1, 0.15) is 33.1 Å². The van der Waals surface area contributed by atoms with Gasteiger partial charge in [-0.25, -0.2) is 0 Å². The average Bonchev–Trinajstić information content (AvgIpc) is 2.78. The first-order valence-corrected chi connectivity index (χ1v) is 6.66. The Morgan fingerprint density at radius 3 is 2.88 bits per heavy atom. The van der Waals surface area contributed by atoms with E-state index < -0.39 is 0 Å². The minimum Gasteiger partial charge on any atom is -0.377 e. The molecule has 0 aromatic carbocycles. The van der Waals surface area contributed by atoms with Gasteiger partial charge < -0.3 is 15.0 Å². The molecule has 1 saturated heterocycles. The second-order valence-corrected chi connectivity index (χ2v) is 5.13. The van der Waals surface area contributed by atoms with Crippen LogP contribution in [0.25, 0.3) is 0 Å². The molecular formula is C13H26N2O2. The SMILES string of the molecule is CC(C)OCCN(C)C(=O)CCC1CCNC1. The summed E-state index contributed by atoms with van der Waals surface area (Å²) in [7, 11) is 1.86. The molecule has 4 nitrogen and oxygen atoms in total. The van der Waals surface area contributed by atoms with E-state index in [9.17, 15) is 4.79 Å². The van der Waals surface area contributed by atoms with Gasteiger partial charge in [0, 0.05) is 20.0 Å². The third-order valence-electron chi connectivity index (χ3n) is 3.23. The molecule has 1 aliphatic rings. The Hall–Kier alpha value is -0.610. The Bertz CT molecular complexity index is 225. The normalized spacial score (nSPS) is 19.9. The molecule has 1 atom stereocenters. The van der Waals surface area contributed by atoms with E-state index in [1.807, 2.05) is 20.9 Å². The van der Waals surface area contributed by atoms with Gasteiger partial charge in [0.15, 0.2) is 0 Å². The van der Waals surface area contributed by atoms with Gasteiger partial charge in [0.05, 0.1) is 12.7 Å². The van der Waals surface area contributed by atoms with Crippen molar-refractivity contribution in [3.8, 4) is 0 Å². The quantitative estimate of drug-likeness (QED) is 0.731. The van der Waals surface area contributed by atoms with Crippen LogP contribution in [0.5, 0.6) is 0 Å². The topological polar surface area (TPSA) is 41.6 Å². The molecule has 4 heteroatoms. The minimum atomic E-state index is 0.239. The summed E-state index contributed by atoms with van der Waals surface area (Å²) in [6.07, 6.45) is 3.14. The maximum absolute atomic E-state index is 11.8. The molecule has 1 heterocycles. The monoisotopic (exact) mass is 242 g/mol. The lowest BCUT2D eigenvalue weighted by atomic mass is 10.0. The first-order chi connectivity index (χ1) is 8.09. The maximum atomic E-state index is 11.8. The average molecular weight is 242 g/mol. The van der Waals surface area contributed by atoms with E-state index in [-0.39, 0.29) is 12.0 Å². The van der Waals surface area contributed by atoms with Crippen molar-refractivity contribution in [2.24, 2.45) is 5.92 Å². The lowest BCUT2D eigenvalue weighted by molar-refractivity contribution is -0.131. The van der Waals surface area contributed by atoms with Crippen molar-refractivity contribution in [1.82, 2.24) is 10.2 Å². The van der Waals surface area contributed by atoms with Crippen molar-refractivity contribution in [2.45, 2.75) is 39.2 Å². The van der Waals surface area contributed by atoms with Crippen LogP contribution in [0.15, 0.2) is 0 Å². The van der Waals surface area contributed by atoms with Crippen molar-refractivity contribution in [3.63, 3.8) is 0 Å². The molecule has 1 fully saturated rings. The van der Waals surface area contributed by atoms with Gasteiger partial charge in [-0.3, -0.25) is 4.79 Å². The van der Waals surface area contributed by atoms with Crippen molar-refractivity contribution >= 4 is 5.91 Å². The zero-order valence-electron chi connectivity index (χ0n) is 11.4. The van der Waals surface area contributed by atoms with Crippen LogP contribution >= 0.6 is 0 Å². The first-order valence-electron chi connectivity index (χ1n) is 6.66. The molecule has 1 amide bonds. The van der Waals surface area contributed by atoms with Gasteiger partial charge in [-0.2, -0.15) is 0 Å². The van der Waals surface area contributed by atoms with Crippen LogP contribution in [0, 0.1) is 5.92 Å². The Balaban J connectivity index is 2.08. The smallest absolute Gasteiger partial charge is 0.222 e. The Labute approximate surface area is 105 Å². The highest BCUT2D eigenvalue weighted by Gasteiger charge is 2.17. The van der Waals surface area contributed by atoms with E-state index >= 15 is 0 Å². The molecule has 1 rings (SSSR count). The number of nitrogens with zero attached hydrogens (tertiary/aromatic N) is 1. The number of ether oxygens (including phenoxy) is 1. The molecular weight excluding hydrogens is 216 g/mol. The highest BCUT2D eigenvalue weighted by molar-refractivity contribution is 5.75. The van der Waals surface area contributed by atoms with Crippen LogP contribution < -0.4 is 5.32 Å². The largest absolute Gasteiger partial charge is 0.377 e. The number of hydrogen-bond acceptors (Lipinski definition) is 3. The fourth-order valence-electron chi connectivity index (χ4n) is 2.03. The van der Waals surface area contributed by atoms with E-state index in [1.165, 1.54) is 6.42 Å². The molecule has 0 aliphatic carbocycles. The van der Waals surface area contributed by atoms with Gasteiger partial charge in [-0.05, 0) is 45.7 Å². The van der Waals surface area contributed by atoms with E-state index in [1.54, 1.807) is 4.90 Å². The highest BCUT2D eigenvalue weighted by Crippen LogP contribution is 2.14. The van der Waals surface area contributed by atoms with Crippen LogP contribution in [-0.2, 0) is 9.53 Å². The summed E-state index contributed by atoms with van der Waals surface area (Å²) in [6.45, 7) is 7.53. The molecule has 1 unspecified atom stereocenters. The summed E-state index contributed by atoms with van der Waals surface area (Å²) in [5.41, 5.74) is 0.